The molecule has 0 aliphatic rings. The van der Waals surface area contributed by atoms with Gasteiger partial charge in [0.05, 0.1) is 45.0 Å². The first kappa shape index (κ1) is 16.6. The summed E-state index contributed by atoms with van der Waals surface area (Å²) in [5.41, 5.74) is 0.921. The van der Waals surface area contributed by atoms with Crippen molar-refractivity contribution >= 4 is 10.9 Å². The standard InChI is InChI=1S/C18H18N2O5/c1-22-14-6-5-11(7-15(14)23-2)20-10-19-13-9-17(25-4)16(24-3)8-12(13)18(20)21/h5-10H,1-4H3. The Kier molecular flexibility index (Phi) is 4.47. The topological polar surface area (TPSA) is 71.8 Å². The predicted octanol–water partition coefficient (Wildman–Crippen LogP) is 2.42. The molecule has 0 radical (unpaired) electrons. The zero-order chi connectivity index (χ0) is 18.0. The van der Waals surface area contributed by atoms with Crippen LogP contribution in [0, 0.1) is 0 Å². The molecular weight excluding hydrogens is 324 g/mol. The van der Waals surface area contributed by atoms with Gasteiger partial charge in [0, 0.05) is 12.1 Å². The van der Waals surface area contributed by atoms with Crippen LogP contribution >= 0.6 is 0 Å². The zero-order valence-corrected chi connectivity index (χ0v) is 14.4. The summed E-state index contributed by atoms with van der Waals surface area (Å²) in [5.74, 6) is 2.10. The SMILES string of the molecule is COc1ccc(-n2cnc3cc(OC)c(OC)cc3c2=O)cc1OC. The van der Waals surface area contributed by atoms with Crippen molar-refractivity contribution in [2.45, 2.75) is 0 Å². The Labute approximate surface area is 144 Å². The molecule has 0 amide bonds. The van der Waals surface area contributed by atoms with Gasteiger partial charge in [-0.3, -0.25) is 9.36 Å². The molecule has 25 heavy (non-hydrogen) atoms. The molecule has 3 rings (SSSR count). The van der Waals surface area contributed by atoms with Gasteiger partial charge in [0.2, 0.25) is 0 Å². The normalized spacial score (nSPS) is 10.6. The lowest BCUT2D eigenvalue weighted by Gasteiger charge is -2.12. The second kappa shape index (κ2) is 6.72. The van der Waals surface area contributed by atoms with E-state index in [-0.39, 0.29) is 5.56 Å². The van der Waals surface area contributed by atoms with Crippen molar-refractivity contribution in [3.05, 3.63) is 47.0 Å². The van der Waals surface area contributed by atoms with Crippen molar-refractivity contribution in [2.75, 3.05) is 28.4 Å². The second-order valence-corrected chi connectivity index (χ2v) is 5.18. The Bertz CT molecular complexity index is 981. The number of methoxy groups -OCH3 is 4. The molecule has 0 saturated carbocycles. The molecule has 0 saturated heterocycles. The van der Waals surface area contributed by atoms with Crippen LogP contribution in [-0.4, -0.2) is 38.0 Å². The van der Waals surface area contributed by atoms with Crippen LogP contribution in [0.3, 0.4) is 0 Å². The van der Waals surface area contributed by atoms with Gasteiger partial charge in [-0.15, -0.1) is 0 Å². The fourth-order valence-corrected chi connectivity index (χ4v) is 2.61. The first-order chi connectivity index (χ1) is 12.1. The fraction of sp³-hybridized carbons (Fsp3) is 0.222. The van der Waals surface area contributed by atoms with E-state index in [1.165, 1.54) is 25.1 Å². The Hall–Kier alpha value is -3.22. The molecule has 0 N–H and O–H groups in total. The quantitative estimate of drug-likeness (QED) is 0.709. The average molecular weight is 342 g/mol. The predicted molar refractivity (Wildman–Crippen MR) is 93.5 cm³/mol. The fourth-order valence-electron chi connectivity index (χ4n) is 2.61. The van der Waals surface area contributed by atoms with Gasteiger partial charge >= 0.3 is 0 Å². The van der Waals surface area contributed by atoms with Crippen LogP contribution < -0.4 is 24.5 Å². The number of aromatic nitrogens is 2. The first-order valence-electron chi connectivity index (χ1n) is 7.48. The second-order valence-electron chi connectivity index (χ2n) is 5.18. The summed E-state index contributed by atoms with van der Waals surface area (Å²) in [6, 6.07) is 8.51. The maximum atomic E-state index is 12.9. The number of fused-ring (bicyclic) bond motifs is 1. The maximum absolute atomic E-state index is 12.9. The van der Waals surface area contributed by atoms with E-state index in [1.807, 2.05) is 0 Å². The Morgan fingerprint density at radius 3 is 2.04 bits per heavy atom. The molecule has 7 heteroatoms. The van der Waals surface area contributed by atoms with E-state index in [0.29, 0.717) is 39.6 Å². The number of ether oxygens (including phenoxy) is 4. The average Bonchev–Trinajstić information content (AvgIpc) is 2.66. The van der Waals surface area contributed by atoms with Gasteiger partial charge in [-0.05, 0) is 18.2 Å². The van der Waals surface area contributed by atoms with E-state index in [9.17, 15) is 4.79 Å². The van der Waals surface area contributed by atoms with Crippen LogP contribution in [0.2, 0.25) is 0 Å². The van der Waals surface area contributed by atoms with Gasteiger partial charge in [0.1, 0.15) is 6.33 Å². The lowest BCUT2D eigenvalue weighted by Crippen LogP contribution is -2.19. The molecule has 3 aromatic rings. The Morgan fingerprint density at radius 2 is 1.40 bits per heavy atom. The summed E-state index contributed by atoms with van der Waals surface area (Å²) in [5, 5.41) is 0.426. The van der Waals surface area contributed by atoms with Crippen molar-refractivity contribution in [2.24, 2.45) is 0 Å². The molecule has 0 aliphatic carbocycles. The number of hydrogen-bond acceptors (Lipinski definition) is 6. The van der Waals surface area contributed by atoms with Gasteiger partial charge in [0.15, 0.2) is 23.0 Å². The molecule has 7 nitrogen and oxygen atoms in total. The molecule has 0 unspecified atom stereocenters. The molecule has 1 heterocycles. The highest BCUT2D eigenvalue weighted by atomic mass is 16.5. The third kappa shape index (κ3) is 2.84. The summed E-state index contributed by atoms with van der Waals surface area (Å²) in [4.78, 5) is 17.3. The molecule has 0 bridgehead atoms. The van der Waals surface area contributed by atoms with E-state index < -0.39 is 0 Å². The highest BCUT2D eigenvalue weighted by Gasteiger charge is 2.13. The first-order valence-corrected chi connectivity index (χ1v) is 7.48. The van der Waals surface area contributed by atoms with Crippen LogP contribution in [0.25, 0.3) is 16.6 Å². The third-order valence-corrected chi connectivity index (χ3v) is 3.91. The van der Waals surface area contributed by atoms with Crippen molar-refractivity contribution < 1.29 is 18.9 Å². The number of rotatable bonds is 5. The molecular formula is C18H18N2O5. The van der Waals surface area contributed by atoms with Crippen LogP contribution in [0.1, 0.15) is 0 Å². The van der Waals surface area contributed by atoms with E-state index in [0.717, 1.165) is 0 Å². The summed E-state index contributed by atoms with van der Waals surface area (Å²) >= 11 is 0. The van der Waals surface area contributed by atoms with E-state index >= 15 is 0 Å². The summed E-state index contributed by atoms with van der Waals surface area (Å²) in [6.07, 6.45) is 1.47. The monoisotopic (exact) mass is 342 g/mol. The number of hydrogen-bond donors (Lipinski definition) is 0. The van der Waals surface area contributed by atoms with Crippen molar-refractivity contribution in [3.8, 4) is 28.7 Å². The molecule has 1 aromatic heterocycles. The van der Waals surface area contributed by atoms with Crippen LogP contribution in [0.15, 0.2) is 41.5 Å². The molecule has 2 aromatic carbocycles. The summed E-state index contributed by atoms with van der Waals surface area (Å²) in [7, 11) is 6.16. The van der Waals surface area contributed by atoms with Crippen LogP contribution in [0.5, 0.6) is 23.0 Å². The largest absolute Gasteiger partial charge is 0.493 e. The highest BCUT2D eigenvalue weighted by molar-refractivity contribution is 5.82. The molecule has 0 atom stereocenters. The minimum Gasteiger partial charge on any atom is -0.493 e. The van der Waals surface area contributed by atoms with Gasteiger partial charge in [-0.25, -0.2) is 4.98 Å². The Morgan fingerprint density at radius 1 is 0.800 bits per heavy atom. The van der Waals surface area contributed by atoms with Crippen LogP contribution in [-0.2, 0) is 0 Å². The lowest BCUT2D eigenvalue weighted by molar-refractivity contribution is 0.355. The molecule has 0 fully saturated rings. The van der Waals surface area contributed by atoms with Gasteiger partial charge < -0.3 is 18.9 Å². The zero-order valence-electron chi connectivity index (χ0n) is 14.4. The van der Waals surface area contributed by atoms with E-state index in [4.69, 9.17) is 18.9 Å². The van der Waals surface area contributed by atoms with Crippen molar-refractivity contribution in [1.29, 1.82) is 0 Å². The molecule has 0 aliphatic heterocycles. The minimum atomic E-state index is -0.224. The minimum absolute atomic E-state index is 0.224. The number of benzene rings is 2. The van der Waals surface area contributed by atoms with E-state index in [1.54, 1.807) is 44.6 Å². The van der Waals surface area contributed by atoms with Gasteiger partial charge in [0.25, 0.3) is 5.56 Å². The maximum Gasteiger partial charge on any atom is 0.265 e. The van der Waals surface area contributed by atoms with Gasteiger partial charge in [-0.1, -0.05) is 0 Å². The summed E-state index contributed by atoms with van der Waals surface area (Å²) < 4.78 is 22.5. The summed E-state index contributed by atoms with van der Waals surface area (Å²) in [6.45, 7) is 0. The highest BCUT2D eigenvalue weighted by Crippen LogP contribution is 2.31. The lowest BCUT2D eigenvalue weighted by atomic mass is 10.2. The Balaban J connectivity index is 2.21. The van der Waals surface area contributed by atoms with Crippen LogP contribution in [0.4, 0.5) is 0 Å². The molecule has 0 spiro atoms. The van der Waals surface area contributed by atoms with Gasteiger partial charge in [-0.2, -0.15) is 0 Å². The van der Waals surface area contributed by atoms with E-state index in [2.05, 4.69) is 4.98 Å². The number of nitrogens with zero attached hydrogens (tertiary/aromatic N) is 2. The van der Waals surface area contributed by atoms with Crippen molar-refractivity contribution in [1.82, 2.24) is 9.55 Å². The molecule has 130 valence electrons. The third-order valence-electron chi connectivity index (χ3n) is 3.91. The van der Waals surface area contributed by atoms with Crippen molar-refractivity contribution in [3.63, 3.8) is 0 Å². The smallest absolute Gasteiger partial charge is 0.265 e.